The van der Waals surface area contributed by atoms with Crippen LogP contribution in [0.3, 0.4) is 0 Å². The van der Waals surface area contributed by atoms with E-state index in [1.807, 2.05) is 0 Å². The molecule has 0 aliphatic heterocycles. The zero-order chi connectivity index (χ0) is 19.1. The molecule has 0 atom stereocenters. The van der Waals surface area contributed by atoms with Gasteiger partial charge in [-0.15, -0.1) is 0 Å². The summed E-state index contributed by atoms with van der Waals surface area (Å²) in [6, 6.07) is 5.36. The first-order valence-electron chi connectivity index (χ1n) is 7.03. The van der Waals surface area contributed by atoms with Gasteiger partial charge in [-0.3, -0.25) is 28.8 Å². The number of hydrogen-bond acceptors (Lipinski definition) is 8. The van der Waals surface area contributed by atoms with Gasteiger partial charge < -0.3 is 0 Å². The van der Waals surface area contributed by atoms with Gasteiger partial charge in [0, 0.05) is 43.2 Å². The second-order valence-corrected chi connectivity index (χ2v) is 7.08. The Morgan fingerprint density at radius 1 is 0.462 bits per heavy atom. The average molecular weight is 386 g/mol. The van der Waals surface area contributed by atoms with Gasteiger partial charge in [-0.05, 0) is 24.3 Å². The van der Waals surface area contributed by atoms with E-state index in [1.54, 1.807) is 0 Å². The van der Waals surface area contributed by atoms with Crippen molar-refractivity contribution in [2.24, 2.45) is 0 Å². The lowest BCUT2D eigenvalue weighted by Crippen LogP contribution is -1.97. The van der Waals surface area contributed by atoms with Crippen LogP contribution in [-0.2, 0) is 0 Å². The van der Waals surface area contributed by atoms with E-state index in [0.29, 0.717) is 47.5 Å². The van der Waals surface area contributed by atoms with E-state index in [0.717, 1.165) is 21.6 Å². The standard InChI is InChI=1S/C18H10O6S2/c19-5-11-1-13(7-21)17(14(2-11)8-22)25-26-18-15(9-23)3-12(6-20)4-16(18)10-24/h1-10H. The molecule has 2 aromatic carbocycles. The molecule has 26 heavy (non-hydrogen) atoms. The molecule has 0 bridgehead atoms. The third kappa shape index (κ3) is 4.04. The van der Waals surface area contributed by atoms with Gasteiger partial charge >= 0.3 is 0 Å². The van der Waals surface area contributed by atoms with Crippen molar-refractivity contribution in [3.63, 3.8) is 0 Å². The molecule has 130 valence electrons. The molecule has 0 radical (unpaired) electrons. The molecule has 0 N–H and O–H groups in total. The Labute approximate surface area is 155 Å². The first-order chi connectivity index (χ1) is 12.6. The van der Waals surface area contributed by atoms with Crippen LogP contribution in [-0.4, -0.2) is 37.7 Å². The van der Waals surface area contributed by atoms with Crippen LogP contribution in [0.25, 0.3) is 0 Å². The van der Waals surface area contributed by atoms with Gasteiger partial charge in [-0.1, -0.05) is 21.6 Å². The molecule has 0 spiro atoms. The van der Waals surface area contributed by atoms with Crippen molar-refractivity contribution in [3.05, 3.63) is 57.6 Å². The molecule has 0 aliphatic carbocycles. The highest BCUT2D eigenvalue weighted by atomic mass is 33.1. The van der Waals surface area contributed by atoms with E-state index < -0.39 is 0 Å². The van der Waals surface area contributed by atoms with E-state index in [9.17, 15) is 28.8 Å². The number of rotatable bonds is 9. The smallest absolute Gasteiger partial charge is 0.151 e. The van der Waals surface area contributed by atoms with Gasteiger partial charge in [0.2, 0.25) is 0 Å². The minimum Gasteiger partial charge on any atom is -0.298 e. The van der Waals surface area contributed by atoms with Gasteiger partial charge in [0.15, 0.2) is 25.1 Å². The molecule has 0 unspecified atom stereocenters. The van der Waals surface area contributed by atoms with Crippen molar-refractivity contribution in [1.82, 2.24) is 0 Å². The quantitative estimate of drug-likeness (QED) is 0.477. The van der Waals surface area contributed by atoms with Crippen molar-refractivity contribution in [2.75, 3.05) is 0 Å². The fourth-order valence-electron chi connectivity index (χ4n) is 2.16. The van der Waals surface area contributed by atoms with Crippen LogP contribution >= 0.6 is 21.6 Å². The van der Waals surface area contributed by atoms with Crippen molar-refractivity contribution < 1.29 is 28.8 Å². The summed E-state index contributed by atoms with van der Waals surface area (Å²) in [4.78, 5) is 67.6. The normalized spacial score (nSPS) is 10.0. The predicted octanol–water partition coefficient (Wildman–Crippen LogP) is 3.36. The zero-order valence-corrected chi connectivity index (χ0v) is 14.7. The van der Waals surface area contributed by atoms with Crippen LogP contribution in [0.4, 0.5) is 0 Å². The molecule has 8 heteroatoms. The largest absolute Gasteiger partial charge is 0.298 e. The van der Waals surface area contributed by atoms with Crippen LogP contribution in [0, 0.1) is 0 Å². The number of carbonyl (C=O) groups excluding carboxylic acids is 6. The maximum Gasteiger partial charge on any atom is 0.151 e. The predicted molar refractivity (Wildman–Crippen MR) is 96.9 cm³/mol. The third-order valence-corrected chi connectivity index (χ3v) is 5.94. The maximum atomic E-state index is 11.3. The summed E-state index contributed by atoms with van der Waals surface area (Å²) in [6.45, 7) is 0. The Bertz CT molecular complexity index is 786. The van der Waals surface area contributed by atoms with Crippen LogP contribution in [0.15, 0.2) is 34.1 Å². The van der Waals surface area contributed by atoms with E-state index in [-0.39, 0.29) is 33.4 Å². The number of hydrogen-bond donors (Lipinski definition) is 0. The van der Waals surface area contributed by atoms with Crippen molar-refractivity contribution in [3.8, 4) is 0 Å². The fourth-order valence-corrected chi connectivity index (χ4v) is 4.79. The lowest BCUT2D eigenvalue weighted by atomic mass is 10.1. The van der Waals surface area contributed by atoms with Crippen LogP contribution in [0.2, 0.25) is 0 Å². The average Bonchev–Trinajstić information content (AvgIpc) is 2.70. The van der Waals surface area contributed by atoms with E-state index in [2.05, 4.69) is 0 Å². The second-order valence-electron chi connectivity index (χ2n) is 4.93. The minimum atomic E-state index is 0.138. The summed E-state index contributed by atoms with van der Waals surface area (Å²) < 4.78 is 0. The molecule has 0 heterocycles. The monoisotopic (exact) mass is 386 g/mol. The molecular weight excluding hydrogens is 376 g/mol. The van der Waals surface area contributed by atoms with Crippen LogP contribution < -0.4 is 0 Å². The molecule has 0 saturated carbocycles. The molecule has 0 aliphatic rings. The van der Waals surface area contributed by atoms with Crippen LogP contribution in [0.1, 0.15) is 62.1 Å². The number of aldehydes is 6. The zero-order valence-electron chi connectivity index (χ0n) is 13.0. The Morgan fingerprint density at radius 3 is 0.923 bits per heavy atom. The third-order valence-electron chi connectivity index (χ3n) is 3.33. The Kier molecular flexibility index (Phi) is 6.76. The van der Waals surface area contributed by atoms with Gasteiger partial charge in [0.25, 0.3) is 0 Å². The van der Waals surface area contributed by atoms with Gasteiger partial charge in [0.1, 0.15) is 12.6 Å². The van der Waals surface area contributed by atoms with Gasteiger partial charge in [-0.2, -0.15) is 0 Å². The molecule has 2 aromatic rings. The lowest BCUT2D eigenvalue weighted by Gasteiger charge is -2.11. The summed E-state index contributed by atoms with van der Waals surface area (Å²) in [5, 5.41) is 0. The summed E-state index contributed by atoms with van der Waals surface area (Å²) in [7, 11) is 2.00. The highest BCUT2D eigenvalue weighted by Gasteiger charge is 2.16. The minimum absolute atomic E-state index is 0.138. The molecule has 6 nitrogen and oxygen atoms in total. The second kappa shape index (κ2) is 9.02. The Balaban J connectivity index is 2.49. The number of carbonyl (C=O) groups is 6. The Hall–Kier alpha value is -2.84. The highest BCUT2D eigenvalue weighted by molar-refractivity contribution is 8.76. The Morgan fingerprint density at radius 2 is 0.731 bits per heavy atom. The summed E-state index contributed by atoms with van der Waals surface area (Å²) in [5.41, 5.74) is 0.915. The van der Waals surface area contributed by atoms with Crippen molar-refractivity contribution in [2.45, 2.75) is 9.79 Å². The molecule has 0 amide bonds. The SMILES string of the molecule is O=Cc1cc(C=O)c(SSc2c(C=O)cc(C=O)cc2C=O)c(C=O)c1. The molecule has 0 fully saturated rings. The van der Waals surface area contributed by atoms with Crippen molar-refractivity contribution in [1.29, 1.82) is 0 Å². The first kappa shape index (κ1) is 19.5. The molecular formula is C18H10O6S2. The topological polar surface area (TPSA) is 102 Å². The van der Waals surface area contributed by atoms with Crippen molar-refractivity contribution >= 4 is 59.3 Å². The number of benzene rings is 2. The highest BCUT2D eigenvalue weighted by Crippen LogP contribution is 2.43. The maximum absolute atomic E-state index is 11.3. The van der Waals surface area contributed by atoms with E-state index >= 15 is 0 Å². The molecule has 2 rings (SSSR count). The summed E-state index contributed by atoms with van der Waals surface area (Å²) >= 11 is 0. The van der Waals surface area contributed by atoms with E-state index in [1.165, 1.54) is 24.3 Å². The van der Waals surface area contributed by atoms with Gasteiger partial charge in [-0.25, -0.2) is 0 Å². The first-order valence-corrected chi connectivity index (χ1v) is 9.18. The van der Waals surface area contributed by atoms with Gasteiger partial charge in [0.05, 0.1) is 0 Å². The molecule has 0 saturated heterocycles. The lowest BCUT2D eigenvalue weighted by molar-refractivity contribution is 0.110. The summed E-state index contributed by atoms with van der Waals surface area (Å²) in [6.07, 6.45) is 3.10. The molecule has 0 aromatic heterocycles. The summed E-state index contributed by atoms with van der Waals surface area (Å²) in [5.74, 6) is 0. The van der Waals surface area contributed by atoms with E-state index in [4.69, 9.17) is 0 Å². The van der Waals surface area contributed by atoms with Crippen LogP contribution in [0.5, 0.6) is 0 Å². The fraction of sp³-hybridized carbons (Fsp3) is 0.